The van der Waals surface area contributed by atoms with Gasteiger partial charge in [0.1, 0.15) is 0 Å². The molecule has 19 heavy (non-hydrogen) atoms. The van der Waals surface area contributed by atoms with Crippen LogP contribution in [-0.4, -0.2) is 18.0 Å². The number of fused-ring (bicyclic) bond motifs is 1. The second-order valence-corrected chi connectivity index (χ2v) is 6.42. The molecule has 2 unspecified atom stereocenters. The molecule has 2 aliphatic carbocycles. The summed E-state index contributed by atoms with van der Waals surface area (Å²) < 4.78 is 1.18. The summed E-state index contributed by atoms with van der Waals surface area (Å²) in [5.74, 6) is 0.131. The van der Waals surface area contributed by atoms with E-state index in [0.717, 1.165) is 25.7 Å². The van der Waals surface area contributed by atoms with Crippen molar-refractivity contribution in [2.75, 3.05) is 0 Å². The van der Waals surface area contributed by atoms with Gasteiger partial charge in [0.25, 0.3) is 0 Å². The molecule has 0 aliphatic heterocycles. The van der Waals surface area contributed by atoms with E-state index in [1.54, 1.807) is 0 Å². The summed E-state index contributed by atoms with van der Waals surface area (Å²) >= 11 is 3.60. The van der Waals surface area contributed by atoms with E-state index in [2.05, 4.69) is 44.8 Å². The van der Waals surface area contributed by atoms with E-state index in [0.29, 0.717) is 12.1 Å². The zero-order valence-corrected chi connectivity index (χ0v) is 12.7. The molecule has 1 aromatic carbocycles. The molecule has 2 aliphatic rings. The van der Waals surface area contributed by atoms with Gasteiger partial charge in [-0.3, -0.25) is 10.1 Å². The molecular weight excluding hydrogens is 304 g/mol. The third-order valence-electron chi connectivity index (χ3n) is 3.98. The predicted octanol–water partition coefficient (Wildman–Crippen LogP) is 2.69. The molecule has 2 atom stereocenters. The van der Waals surface area contributed by atoms with Gasteiger partial charge in [-0.2, -0.15) is 0 Å². The van der Waals surface area contributed by atoms with E-state index in [1.807, 2.05) is 6.92 Å². The quantitative estimate of drug-likeness (QED) is 0.894. The summed E-state index contributed by atoms with van der Waals surface area (Å²) in [5.41, 5.74) is 2.72. The van der Waals surface area contributed by atoms with E-state index >= 15 is 0 Å². The summed E-state index contributed by atoms with van der Waals surface area (Å²) in [4.78, 5) is 12.0. The van der Waals surface area contributed by atoms with Crippen LogP contribution in [0.5, 0.6) is 0 Å². The fourth-order valence-electron chi connectivity index (χ4n) is 2.71. The minimum absolute atomic E-state index is 0.129. The molecule has 3 rings (SSSR count). The average molecular weight is 323 g/mol. The molecule has 1 saturated carbocycles. The van der Waals surface area contributed by atoms with Gasteiger partial charge >= 0.3 is 0 Å². The second-order valence-electron chi connectivity index (χ2n) is 5.57. The number of carbonyl (C=O) groups excluding carboxylic acids is 1. The lowest BCUT2D eigenvalue weighted by molar-refractivity contribution is -0.123. The lowest BCUT2D eigenvalue weighted by Gasteiger charge is -2.20. The van der Waals surface area contributed by atoms with Gasteiger partial charge in [-0.1, -0.05) is 28.1 Å². The van der Waals surface area contributed by atoms with Gasteiger partial charge in [-0.15, -0.1) is 0 Å². The maximum atomic E-state index is 12.0. The number of nitrogens with one attached hydrogen (secondary N) is 2. The Hall–Kier alpha value is -0.870. The molecule has 0 heterocycles. The highest BCUT2D eigenvalue weighted by Gasteiger charge is 2.29. The molecule has 0 bridgehead atoms. The highest BCUT2D eigenvalue weighted by Crippen LogP contribution is 2.35. The maximum Gasteiger partial charge on any atom is 0.237 e. The molecule has 4 heteroatoms. The molecular formula is C15H19BrN2O. The topological polar surface area (TPSA) is 41.1 Å². The van der Waals surface area contributed by atoms with E-state index in [4.69, 9.17) is 0 Å². The smallest absolute Gasteiger partial charge is 0.237 e. The minimum Gasteiger partial charge on any atom is -0.352 e. The standard InChI is InChI=1S/C15H19BrN2O/c1-9(15(19)18-10-5-6-10)17-14-8-7-11-12(14)3-2-4-13(11)16/h2-4,9-10,14,17H,5-8H2,1H3,(H,18,19). The predicted molar refractivity (Wildman–Crippen MR) is 79.0 cm³/mol. The third-order valence-corrected chi connectivity index (χ3v) is 4.72. The SMILES string of the molecule is CC(NC1CCc2c(Br)cccc21)C(=O)NC1CC1. The van der Waals surface area contributed by atoms with Crippen LogP contribution in [0.1, 0.15) is 43.4 Å². The summed E-state index contributed by atoms with van der Waals surface area (Å²) in [6.07, 6.45) is 4.42. The van der Waals surface area contributed by atoms with Crippen LogP contribution in [0, 0.1) is 0 Å². The Bertz CT molecular complexity index is 499. The van der Waals surface area contributed by atoms with Gasteiger partial charge in [0.15, 0.2) is 0 Å². The van der Waals surface area contributed by atoms with Crippen LogP contribution < -0.4 is 10.6 Å². The fraction of sp³-hybridized carbons (Fsp3) is 0.533. The number of halogens is 1. The van der Waals surface area contributed by atoms with E-state index < -0.39 is 0 Å². The maximum absolute atomic E-state index is 12.0. The summed E-state index contributed by atoms with van der Waals surface area (Å²) in [6, 6.07) is 6.92. The van der Waals surface area contributed by atoms with Gasteiger partial charge in [-0.05, 0) is 49.8 Å². The molecule has 0 radical (unpaired) electrons. The zero-order chi connectivity index (χ0) is 13.4. The van der Waals surface area contributed by atoms with Crippen LogP contribution in [0.3, 0.4) is 0 Å². The number of benzene rings is 1. The van der Waals surface area contributed by atoms with Crippen molar-refractivity contribution in [3.05, 3.63) is 33.8 Å². The number of hydrogen-bond acceptors (Lipinski definition) is 2. The van der Waals surface area contributed by atoms with Crippen molar-refractivity contribution < 1.29 is 4.79 Å². The van der Waals surface area contributed by atoms with Gasteiger partial charge in [-0.25, -0.2) is 0 Å². The van der Waals surface area contributed by atoms with Gasteiger partial charge in [0.05, 0.1) is 6.04 Å². The van der Waals surface area contributed by atoms with Crippen molar-refractivity contribution in [3.8, 4) is 0 Å². The van der Waals surface area contributed by atoms with Crippen LogP contribution in [0.2, 0.25) is 0 Å². The van der Waals surface area contributed by atoms with E-state index in [1.165, 1.54) is 15.6 Å². The highest BCUT2D eigenvalue weighted by atomic mass is 79.9. The lowest BCUT2D eigenvalue weighted by Crippen LogP contribution is -2.44. The summed E-state index contributed by atoms with van der Waals surface area (Å²) in [7, 11) is 0. The Kier molecular flexibility index (Phi) is 3.63. The van der Waals surface area contributed by atoms with Crippen molar-refractivity contribution in [2.24, 2.45) is 0 Å². The Labute approximate surface area is 122 Å². The van der Waals surface area contributed by atoms with E-state index in [-0.39, 0.29) is 11.9 Å². The summed E-state index contributed by atoms with van der Waals surface area (Å²) in [5, 5.41) is 6.51. The van der Waals surface area contributed by atoms with Crippen molar-refractivity contribution in [1.82, 2.24) is 10.6 Å². The fourth-order valence-corrected chi connectivity index (χ4v) is 3.29. The monoisotopic (exact) mass is 322 g/mol. The number of amides is 1. The molecule has 1 aromatic rings. The van der Waals surface area contributed by atoms with Gasteiger partial charge in [0, 0.05) is 16.6 Å². The van der Waals surface area contributed by atoms with Crippen molar-refractivity contribution >= 4 is 21.8 Å². The second kappa shape index (κ2) is 5.25. The molecule has 1 amide bonds. The first-order chi connectivity index (χ1) is 9.15. The van der Waals surface area contributed by atoms with Crippen LogP contribution in [0.25, 0.3) is 0 Å². The van der Waals surface area contributed by atoms with Gasteiger partial charge < -0.3 is 5.32 Å². The molecule has 0 spiro atoms. The Morgan fingerprint density at radius 3 is 2.89 bits per heavy atom. The number of rotatable bonds is 4. The van der Waals surface area contributed by atoms with Crippen molar-refractivity contribution in [2.45, 2.75) is 50.7 Å². The zero-order valence-electron chi connectivity index (χ0n) is 11.1. The van der Waals surface area contributed by atoms with Crippen molar-refractivity contribution in [1.29, 1.82) is 0 Å². The molecule has 0 saturated heterocycles. The lowest BCUT2D eigenvalue weighted by atomic mass is 10.1. The Morgan fingerprint density at radius 2 is 2.16 bits per heavy atom. The molecule has 1 fully saturated rings. The molecule has 102 valence electrons. The first-order valence-corrected chi connectivity index (χ1v) is 7.78. The van der Waals surface area contributed by atoms with Crippen LogP contribution in [-0.2, 0) is 11.2 Å². The molecule has 0 aromatic heterocycles. The highest BCUT2D eigenvalue weighted by molar-refractivity contribution is 9.10. The van der Waals surface area contributed by atoms with E-state index in [9.17, 15) is 4.79 Å². The van der Waals surface area contributed by atoms with Crippen LogP contribution >= 0.6 is 15.9 Å². The largest absolute Gasteiger partial charge is 0.352 e. The van der Waals surface area contributed by atoms with Crippen LogP contribution in [0.15, 0.2) is 22.7 Å². The molecule has 2 N–H and O–H groups in total. The van der Waals surface area contributed by atoms with Crippen molar-refractivity contribution in [3.63, 3.8) is 0 Å². The Morgan fingerprint density at radius 1 is 1.37 bits per heavy atom. The van der Waals surface area contributed by atoms with Crippen LogP contribution in [0.4, 0.5) is 0 Å². The normalized spacial score (nSPS) is 22.9. The molecule has 3 nitrogen and oxygen atoms in total. The number of hydrogen-bond donors (Lipinski definition) is 2. The Balaban J connectivity index is 1.65. The first kappa shape index (κ1) is 13.1. The van der Waals surface area contributed by atoms with Gasteiger partial charge in [0.2, 0.25) is 5.91 Å². The number of carbonyl (C=O) groups is 1. The third kappa shape index (κ3) is 2.84. The first-order valence-electron chi connectivity index (χ1n) is 6.99. The summed E-state index contributed by atoms with van der Waals surface area (Å²) in [6.45, 7) is 1.95. The average Bonchev–Trinajstić information content (AvgIpc) is 3.10. The minimum atomic E-state index is -0.129.